The maximum atomic E-state index is 13.0. The molecule has 2 aliphatic rings. The molecule has 1 saturated heterocycles. The van der Waals surface area contributed by atoms with Crippen molar-refractivity contribution in [3.05, 3.63) is 78.0 Å². The van der Waals surface area contributed by atoms with Gasteiger partial charge in [-0.25, -0.2) is 0 Å². The summed E-state index contributed by atoms with van der Waals surface area (Å²) in [6.45, 7) is 3.14. The lowest BCUT2D eigenvalue weighted by molar-refractivity contribution is -0.118. The predicted molar refractivity (Wildman–Crippen MR) is 134 cm³/mol. The number of rotatable bonds is 8. The minimum absolute atomic E-state index is 0.279. The molecular formula is C28H29N3O5. The second-order valence-corrected chi connectivity index (χ2v) is 9.06. The smallest absolute Gasteiger partial charge is 0.292 e. The van der Waals surface area contributed by atoms with Gasteiger partial charge in [0.05, 0.1) is 11.7 Å². The molecule has 3 heterocycles. The lowest BCUT2D eigenvalue weighted by atomic mass is 10.00. The molecule has 1 amide bonds. The van der Waals surface area contributed by atoms with Gasteiger partial charge in [-0.1, -0.05) is 36.4 Å². The number of likely N-dealkylation sites (tertiary alicyclic amines) is 1. The van der Waals surface area contributed by atoms with E-state index in [-0.39, 0.29) is 5.56 Å². The van der Waals surface area contributed by atoms with Crippen LogP contribution in [0.1, 0.15) is 34.9 Å². The number of aromatic nitrogens is 1. The van der Waals surface area contributed by atoms with Gasteiger partial charge in [0.25, 0.3) is 5.91 Å². The number of aliphatic hydroxyl groups excluding tert-OH is 1. The van der Waals surface area contributed by atoms with Crippen LogP contribution in [-0.4, -0.2) is 65.6 Å². The zero-order chi connectivity index (χ0) is 24.9. The first-order valence-electron chi connectivity index (χ1n) is 12.2. The number of benzene rings is 2. The fourth-order valence-corrected chi connectivity index (χ4v) is 4.63. The first kappa shape index (κ1) is 24.0. The summed E-state index contributed by atoms with van der Waals surface area (Å²) < 4.78 is 11.2. The van der Waals surface area contributed by atoms with Gasteiger partial charge in [0, 0.05) is 23.9 Å². The molecule has 186 valence electrons. The van der Waals surface area contributed by atoms with Gasteiger partial charge in [-0.3, -0.25) is 14.6 Å². The average molecular weight is 488 g/mol. The Morgan fingerprint density at radius 3 is 2.44 bits per heavy atom. The Hall–Kier alpha value is -3.75. The largest absolute Gasteiger partial charge is 0.486 e. The van der Waals surface area contributed by atoms with Crippen LogP contribution in [0, 0.1) is 0 Å². The number of carbonyl (C=O) groups is 2. The number of ether oxygens (including phenoxy) is 2. The number of fused-ring (bicyclic) bond motifs is 1. The van der Waals surface area contributed by atoms with Crippen molar-refractivity contribution in [2.45, 2.75) is 25.0 Å². The Kier molecular flexibility index (Phi) is 7.25. The fourth-order valence-electron chi connectivity index (χ4n) is 4.63. The quantitative estimate of drug-likeness (QED) is 0.372. The molecule has 36 heavy (non-hydrogen) atoms. The van der Waals surface area contributed by atoms with Crippen LogP contribution in [0.2, 0.25) is 0 Å². The van der Waals surface area contributed by atoms with Crippen LogP contribution in [-0.2, 0) is 4.79 Å². The van der Waals surface area contributed by atoms with E-state index in [1.807, 2.05) is 18.2 Å². The molecule has 1 aromatic heterocycles. The monoisotopic (exact) mass is 487 g/mol. The van der Waals surface area contributed by atoms with E-state index in [1.165, 1.54) is 0 Å². The van der Waals surface area contributed by atoms with Gasteiger partial charge in [-0.2, -0.15) is 0 Å². The van der Waals surface area contributed by atoms with Crippen molar-refractivity contribution in [3.63, 3.8) is 0 Å². The van der Waals surface area contributed by atoms with E-state index in [4.69, 9.17) is 9.47 Å². The van der Waals surface area contributed by atoms with Crippen LogP contribution in [0.15, 0.2) is 66.9 Å². The molecule has 5 rings (SSSR count). The average Bonchev–Trinajstić information content (AvgIpc) is 3.45. The third kappa shape index (κ3) is 5.40. The summed E-state index contributed by atoms with van der Waals surface area (Å²) >= 11 is 0. The van der Waals surface area contributed by atoms with E-state index in [0.717, 1.165) is 37.2 Å². The molecule has 8 nitrogen and oxygen atoms in total. The van der Waals surface area contributed by atoms with Gasteiger partial charge in [-0.05, 0) is 55.8 Å². The molecule has 0 radical (unpaired) electrons. The Bertz CT molecular complexity index is 1210. The molecular weight excluding hydrogens is 458 g/mol. The number of aliphatic hydroxyl groups is 1. The number of hydrogen-bond acceptors (Lipinski definition) is 7. The van der Waals surface area contributed by atoms with E-state index in [0.29, 0.717) is 36.8 Å². The maximum Gasteiger partial charge on any atom is 0.292 e. The first-order valence-corrected chi connectivity index (χ1v) is 12.2. The van der Waals surface area contributed by atoms with Gasteiger partial charge in [-0.15, -0.1) is 0 Å². The van der Waals surface area contributed by atoms with Crippen LogP contribution in [0.4, 0.5) is 0 Å². The Labute approximate surface area is 209 Å². The van der Waals surface area contributed by atoms with E-state index in [1.54, 1.807) is 48.7 Å². The normalized spacial score (nSPS) is 16.8. The van der Waals surface area contributed by atoms with Crippen LogP contribution in [0.3, 0.4) is 0 Å². The summed E-state index contributed by atoms with van der Waals surface area (Å²) in [5.41, 5.74) is 2.51. The summed E-state index contributed by atoms with van der Waals surface area (Å²) in [6.07, 6.45) is 2.82. The maximum absolute atomic E-state index is 13.0. The molecule has 2 atom stereocenters. The SMILES string of the molecule is O=C(NC(CN1CCCC1)C(O)c1ccc2c(c1)OCCO2)C(=O)c1ccc(-c2ccccn2)cc1. The number of pyridine rings is 1. The lowest BCUT2D eigenvalue weighted by Crippen LogP contribution is -2.48. The molecule has 2 aliphatic heterocycles. The lowest BCUT2D eigenvalue weighted by Gasteiger charge is -2.29. The summed E-state index contributed by atoms with van der Waals surface area (Å²) in [6, 6.07) is 17.0. The number of nitrogens with one attached hydrogen (secondary N) is 1. The van der Waals surface area contributed by atoms with Gasteiger partial charge in [0.15, 0.2) is 11.5 Å². The van der Waals surface area contributed by atoms with Crippen molar-refractivity contribution >= 4 is 11.7 Å². The summed E-state index contributed by atoms with van der Waals surface area (Å²) in [5, 5.41) is 14.1. The molecule has 2 aromatic carbocycles. The van der Waals surface area contributed by atoms with Crippen LogP contribution >= 0.6 is 0 Å². The molecule has 8 heteroatoms. The van der Waals surface area contributed by atoms with Crippen molar-refractivity contribution in [3.8, 4) is 22.8 Å². The van der Waals surface area contributed by atoms with Gasteiger partial charge >= 0.3 is 0 Å². The summed E-state index contributed by atoms with van der Waals surface area (Å²) in [5.74, 6) is -0.209. The topological polar surface area (TPSA) is 101 Å². The second kappa shape index (κ2) is 10.9. The molecule has 0 aliphatic carbocycles. The fraction of sp³-hybridized carbons (Fsp3) is 0.321. The molecule has 0 bridgehead atoms. The number of Topliss-reactive ketones (excluding diaryl/α,β-unsaturated/α-hetero) is 1. The highest BCUT2D eigenvalue weighted by Gasteiger charge is 2.30. The highest BCUT2D eigenvalue weighted by Crippen LogP contribution is 2.33. The number of nitrogens with zero attached hydrogens (tertiary/aromatic N) is 2. The zero-order valence-electron chi connectivity index (χ0n) is 19.9. The zero-order valence-corrected chi connectivity index (χ0v) is 19.9. The molecule has 1 fully saturated rings. The van der Waals surface area contributed by atoms with E-state index < -0.39 is 23.8 Å². The minimum Gasteiger partial charge on any atom is -0.486 e. The Balaban J connectivity index is 1.32. The minimum atomic E-state index is -1.02. The predicted octanol–water partition coefficient (Wildman–Crippen LogP) is 3.02. The van der Waals surface area contributed by atoms with E-state index >= 15 is 0 Å². The Morgan fingerprint density at radius 1 is 0.972 bits per heavy atom. The van der Waals surface area contributed by atoms with E-state index in [9.17, 15) is 14.7 Å². The van der Waals surface area contributed by atoms with Gasteiger partial charge < -0.3 is 24.8 Å². The number of ketones is 1. The van der Waals surface area contributed by atoms with Gasteiger partial charge in [0.2, 0.25) is 5.78 Å². The van der Waals surface area contributed by atoms with Crippen molar-refractivity contribution < 1.29 is 24.2 Å². The summed E-state index contributed by atoms with van der Waals surface area (Å²) in [7, 11) is 0. The summed E-state index contributed by atoms with van der Waals surface area (Å²) in [4.78, 5) is 32.5. The Morgan fingerprint density at radius 2 is 1.72 bits per heavy atom. The van der Waals surface area contributed by atoms with Crippen molar-refractivity contribution in [1.82, 2.24) is 15.2 Å². The van der Waals surface area contributed by atoms with Gasteiger partial charge in [0.1, 0.15) is 19.3 Å². The van der Waals surface area contributed by atoms with Crippen molar-refractivity contribution in [1.29, 1.82) is 0 Å². The van der Waals surface area contributed by atoms with E-state index in [2.05, 4.69) is 15.2 Å². The molecule has 3 aromatic rings. The number of amides is 1. The molecule has 0 saturated carbocycles. The molecule has 2 unspecified atom stereocenters. The highest BCUT2D eigenvalue weighted by atomic mass is 16.6. The van der Waals surface area contributed by atoms with Crippen LogP contribution in [0.5, 0.6) is 11.5 Å². The number of hydrogen-bond donors (Lipinski definition) is 2. The first-order chi connectivity index (χ1) is 17.6. The standard InChI is InChI=1S/C28H29N3O5/c32-26(21-10-11-24-25(17-21)36-16-15-35-24)23(18-31-13-3-4-14-31)30-28(34)27(33)20-8-6-19(7-9-20)22-5-1-2-12-29-22/h1-2,5-12,17,23,26,32H,3-4,13-16,18H2,(H,30,34). The van der Waals surface area contributed by atoms with Crippen LogP contribution < -0.4 is 14.8 Å². The highest BCUT2D eigenvalue weighted by molar-refractivity contribution is 6.42. The van der Waals surface area contributed by atoms with Crippen molar-refractivity contribution in [2.75, 3.05) is 32.8 Å². The van der Waals surface area contributed by atoms with Crippen LogP contribution in [0.25, 0.3) is 11.3 Å². The number of carbonyl (C=O) groups excluding carboxylic acids is 2. The third-order valence-corrected chi connectivity index (χ3v) is 6.57. The molecule has 2 N–H and O–H groups in total. The third-order valence-electron chi connectivity index (χ3n) is 6.57. The molecule has 0 spiro atoms. The second-order valence-electron chi connectivity index (χ2n) is 9.06. The van der Waals surface area contributed by atoms with Crippen molar-refractivity contribution in [2.24, 2.45) is 0 Å².